The predicted molar refractivity (Wildman–Crippen MR) is 79.9 cm³/mol. The minimum absolute atomic E-state index is 0.196. The second-order valence-electron chi connectivity index (χ2n) is 6.13. The zero-order valence-corrected chi connectivity index (χ0v) is 13.8. The second-order valence-corrected chi connectivity index (χ2v) is 8.00. The van der Waals surface area contributed by atoms with Crippen LogP contribution in [-0.2, 0) is 15.4 Å². The van der Waals surface area contributed by atoms with Gasteiger partial charge in [0.15, 0.2) is 5.76 Å². The van der Waals surface area contributed by atoms with Crippen molar-refractivity contribution in [1.82, 2.24) is 19.7 Å². The number of aryl methyl sites for hydroxylation is 2. The van der Waals surface area contributed by atoms with E-state index in [0.29, 0.717) is 24.5 Å². The summed E-state index contributed by atoms with van der Waals surface area (Å²) in [6.45, 7) is 6.28. The summed E-state index contributed by atoms with van der Waals surface area (Å²) < 4.78 is 32.5. The highest BCUT2D eigenvalue weighted by Gasteiger charge is 2.40. The molecule has 0 bridgehead atoms. The van der Waals surface area contributed by atoms with E-state index in [-0.39, 0.29) is 10.3 Å². The molecule has 7 nitrogen and oxygen atoms in total. The Bertz CT molecular complexity index is 747. The second kappa shape index (κ2) is 5.20. The van der Waals surface area contributed by atoms with Crippen molar-refractivity contribution in [2.24, 2.45) is 0 Å². The van der Waals surface area contributed by atoms with E-state index >= 15 is 0 Å². The van der Waals surface area contributed by atoms with Gasteiger partial charge in [-0.05, 0) is 32.8 Å². The fourth-order valence-electron chi connectivity index (χ4n) is 3.18. The summed E-state index contributed by atoms with van der Waals surface area (Å²) in [5.74, 6) is 0.339. The number of hydrogen-bond donors (Lipinski definition) is 1. The largest absolute Gasteiger partial charge is 0.360 e. The van der Waals surface area contributed by atoms with Crippen molar-refractivity contribution in [2.75, 3.05) is 13.1 Å². The van der Waals surface area contributed by atoms with Gasteiger partial charge in [-0.25, -0.2) is 8.42 Å². The van der Waals surface area contributed by atoms with E-state index in [1.165, 1.54) is 4.31 Å². The smallest absolute Gasteiger partial charge is 0.248 e. The Morgan fingerprint density at radius 1 is 1.41 bits per heavy atom. The number of H-pyrrole nitrogens is 1. The van der Waals surface area contributed by atoms with Crippen LogP contribution in [0.4, 0.5) is 0 Å². The highest BCUT2D eigenvalue weighted by Crippen LogP contribution is 2.35. The predicted octanol–water partition coefficient (Wildman–Crippen LogP) is 1.76. The molecule has 0 saturated carbocycles. The molecular formula is C14H20N4O3S. The first kappa shape index (κ1) is 15.2. The number of aromatic nitrogens is 3. The Balaban J connectivity index is 1.95. The molecule has 0 aliphatic carbocycles. The molecular weight excluding hydrogens is 304 g/mol. The fraction of sp³-hybridized carbons (Fsp3) is 0.571. The summed E-state index contributed by atoms with van der Waals surface area (Å²) in [5.41, 5.74) is 1.11. The van der Waals surface area contributed by atoms with Crippen molar-refractivity contribution in [3.05, 3.63) is 29.4 Å². The van der Waals surface area contributed by atoms with Crippen LogP contribution < -0.4 is 0 Å². The number of nitrogens with one attached hydrogen (secondary N) is 1. The molecule has 2 aromatic heterocycles. The molecule has 1 saturated heterocycles. The van der Waals surface area contributed by atoms with Crippen LogP contribution in [0.25, 0.3) is 0 Å². The molecule has 2 aromatic rings. The number of piperidine rings is 1. The van der Waals surface area contributed by atoms with E-state index in [1.54, 1.807) is 20.0 Å². The molecule has 1 N–H and O–H groups in total. The lowest BCUT2D eigenvalue weighted by molar-refractivity contribution is 0.236. The van der Waals surface area contributed by atoms with Crippen molar-refractivity contribution in [3.63, 3.8) is 0 Å². The quantitative estimate of drug-likeness (QED) is 0.928. The van der Waals surface area contributed by atoms with Crippen LogP contribution in [0.1, 0.15) is 36.9 Å². The molecule has 0 amide bonds. The van der Waals surface area contributed by atoms with Crippen LogP contribution >= 0.6 is 0 Å². The van der Waals surface area contributed by atoms with Crippen LogP contribution in [0.2, 0.25) is 0 Å². The topological polar surface area (TPSA) is 92.1 Å². The summed E-state index contributed by atoms with van der Waals surface area (Å²) in [7, 11) is -3.60. The van der Waals surface area contributed by atoms with Crippen LogP contribution in [-0.4, -0.2) is 41.2 Å². The molecule has 1 atom stereocenters. The summed E-state index contributed by atoms with van der Waals surface area (Å²) in [6.07, 6.45) is 3.42. The lowest BCUT2D eigenvalue weighted by Gasteiger charge is -2.38. The highest BCUT2D eigenvalue weighted by molar-refractivity contribution is 7.89. The molecule has 0 spiro atoms. The Kier molecular flexibility index (Phi) is 3.60. The van der Waals surface area contributed by atoms with Gasteiger partial charge in [-0.1, -0.05) is 12.1 Å². The lowest BCUT2D eigenvalue weighted by atomic mass is 9.80. The molecule has 0 radical (unpaired) electrons. The van der Waals surface area contributed by atoms with Gasteiger partial charge < -0.3 is 4.52 Å². The molecule has 120 valence electrons. The summed E-state index contributed by atoms with van der Waals surface area (Å²) in [4.78, 5) is 0.196. The minimum atomic E-state index is -3.60. The standard InChI is InChI=1S/C14H20N4O3S/c1-10-13(11(2)21-17-10)22(19,20)18-8-4-6-14(3,9-18)12-5-7-15-16-12/h5,7H,4,6,8-9H2,1-3H3,(H,15,16). The third kappa shape index (κ3) is 2.36. The number of aromatic amines is 1. The average molecular weight is 324 g/mol. The normalized spacial score (nSPS) is 23.8. The highest BCUT2D eigenvalue weighted by atomic mass is 32.2. The maximum atomic E-state index is 12.9. The first-order valence-electron chi connectivity index (χ1n) is 7.27. The molecule has 0 aromatic carbocycles. The third-order valence-corrected chi connectivity index (χ3v) is 6.47. The van der Waals surface area contributed by atoms with Gasteiger partial charge in [0.25, 0.3) is 0 Å². The van der Waals surface area contributed by atoms with Crippen LogP contribution in [0.15, 0.2) is 21.7 Å². The SMILES string of the molecule is Cc1noc(C)c1S(=O)(=O)N1CCCC(C)(c2ccn[nH]2)C1. The van der Waals surface area contributed by atoms with Crippen LogP contribution in [0.5, 0.6) is 0 Å². The van der Waals surface area contributed by atoms with E-state index in [0.717, 1.165) is 18.5 Å². The monoisotopic (exact) mass is 324 g/mol. The molecule has 1 unspecified atom stereocenters. The van der Waals surface area contributed by atoms with Gasteiger partial charge in [-0.2, -0.15) is 9.40 Å². The Labute approximate surface area is 129 Å². The molecule has 3 heterocycles. The molecule has 22 heavy (non-hydrogen) atoms. The maximum absolute atomic E-state index is 12.9. The first-order valence-corrected chi connectivity index (χ1v) is 8.71. The number of hydrogen-bond acceptors (Lipinski definition) is 5. The maximum Gasteiger partial charge on any atom is 0.248 e. The zero-order chi connectivity index (χ0) is 16.0. The van der Waals surface area contributed by atoms with Gasteiger partial charge in [0, 0.05) is 30.4 Å². The fourth-order valence-corrected chi connectivity index (χ4v) is 5.08. The van der Waals surface area contributed by atoms with E-state index in [2.05, 4.69) is 22.3 Å². The zero-order valence-electron chi connectivity index (χ0n) is 13.0. The number of rotatable bonds is 3. The van der Waals surface area contributed by atoms with Gasteiger partial charge in [0.2, 0.25) is 10.0 Å². The van der Waals surface area contributed by atoms with Gasteiger partial charge in [-0.15, -0.1) is 0 Å². The summed E-state index contributed by atoms with van der Waals surface area (Å²) >= 11 is 0. The van der Waals surface area contributed by atoms with Crippen molar-refractivity contribution in [3.8, 4) is 0 Å². The van der Waals surface area contributed by atoms with E-state index < -0.39 is 10.0 Å². The van der Waals surface area contributed by atoms with Gasteiger partial charge in [0.05, 0.1) is 0 Å². The van der Waals surface area contributed by atoms with Crippen LogP contribution in [0.3, 0.4) is 0 Å². The van der Waals surface area contributed by atoms with Gasteiger partial charge in [-0.3, -0.25) is 5.10 Å². The van der Waals surface area contributed by atoms with Gasteiger partial charge >= 0.3 is 0 Å². The van der Waals surface area contributed by atoms with Crippen molar-refractivity contribution < 1.29 is 12.9 Å². The van der Waals surface area contributed by atoms with Gasteiger partial charge in [0.1, 0.15) is 10.6 Å². The lowest BCUT2D eigenvalue weighted by Crippen LogP contribution is -2.47. The summed E-state index contributed by atoms with van der Waals surface area (Å²) in [5, 5.41) is 10.7. The average Bonchev–Trinajstić information content (AvgIpc) is 3.09. The van der Waals surface area contributed by atoms with E-state index in [9.17, 15) is 8.42 Å². The van der Waals surface area contributed by atoms with Crippen molar-refractivity contribution >= 4 is 10.0 Å². The van der Waals surface area contributed by atoms with Crippen LogP contribution in [0, 0.1) is 13.8 Å². The third-order valence-electron chi connectivity index (χ3n) is 4.38. The minimum Gasteiger partial charge on any atom is -0.360 e. The van der Waals surface area contributed by atoms with Crippen molar-refractivity contribution in [1.29, 1.82) is 0 Å². The Morgan fingerprint density at radius 3 is 2.77 bits per heavy atom. The molecule has 8 heteroatoms. The Hall–Kier alpha value is -1.67. The van der Waals surface area contributed by atoms with Crippen molar-refractivity contribution in [2.45, 2.75) is 43.9 Å². The van der Waals surface area contributed by atoms with E-state index in [4.69, 9.17) is 4.52 Å². The van der Waals surface area contributed by atoms with E-state index in [1.807, 2.05) is 6.07 Å². The summed E-state index contributed by atoms with van der Waals surface area (Å²) in [6, 6.07) is 1.91. The molecule has 3 rings (SSSR count). The molecule has 1 fully saturated rings. The number of nitrogens with zero attached hydrogens (tertiary/aromatic N) is 3. The first-order chi connectivity index (χ1) is 10.3. The molecule has 1 aliphatic rings. The Morgan fingerprint density at radius 2 is 2.18 bits per heavy atom. The molecule has 1 aliphatic heterocycles. The number of sulfonamides is 1.